The third-order valence-corrected chi connectivity index (χ3v) is 5.35. The van der Waals surface area contributed by atoms with Gasteiger partial charge in [-0.1, -0.05) is 30.9 Å². The van der Waals surface area contributed by atoms with Crippen LogP contribution in [-0.4, -0.2) is 46.2 Å². The van der Waals surface area contributed by atoms with Crippen molar-refractivity contribution in [3.8, 4) is 17.1 Å². The molecule has 0 spiro atoms. The molecule has 10 nitrogen and oxygen atoms in total. The molecule has 5 rings (SSSR count). The van der Waals surface area contributed by atoms with Crippen molar-refractivity contribution in [2.75, 3.05) is 0 Å². The Hall–Kier alpha value is -4.00. The second kappa shape index (κ2) is 10.9. The minimum absolute atomic E-state index is 0.0300. The Labute approximate surface area is 213 Å². The Bertz CT molecular complexity index is 1440. The van der Waals surface area contributed by atoms with E-state index in [-0.39, 0.29) is 29.6 Å². The minimum Gasteiger partial charge on any atom is -0.364 e. The lowest BCUT2D eigenvalue weighted by Crippen LogP contribution is -2.27. The average Bonchev–Trinajstić information content (AvgIpc) is 3.62. The van der Waals surface area contributed by atoms with E-state index in [0.717, 1.165) is 9.25 Å². The summed E-state index contributed by atoms with van der Waals surface area (Å²) in [5.41, 5.74) is 5.24. The third-order valence-electron chi connectivity index (χ3n) is 5.09. The Balaban J connectivity index is 0.000000994. The number of pyridine rings is 1. The van der Waals surface area contributed by atoms with Crippen LogP contribution in [0.15, 0.2) is 53.7 Å². The summed E-state index contributed by atoms with van der Waals surface area (Å²) in [6.07, 6.45) is 1.53. The molecule has 1 aromatic carbocycles. The Kier molecular flexibility index (Phi) is 7.71. The molecule has 0 saturated heterocycles. The fraction of sp³-hybridized carbons (Fsp3) is 0.304. The van der Waals surface area contributed by atoms with Gasteiger partial charge >= 0.3 is 11.9 Å². The van der Waals surface area contributed by atoms with Gasteiger partial charge in [0.15, 0.2) is 17.3 Å². The summed E-state index contributed by atoms with van der Waals surface area (Å²) in [5, 5.41) is 8.86. The molecule has 3 heterocycles. The second-order valence-corrected chi connectivity index (χ2v) is 8.63. The molecule has 0 atom stereocenters. The number of rotatable bonds is 7. The largest absolute Gasteiger partial charge is 0.390 e. The van der Waals surface area contributed by atoms with Gasteiger partial charge in [-0.05, 0) is 36.4 Å². The number of carbonyl (C=O) groups excluding carboxylic acids is 1. The van der Waals surface area contributed by atoms with Crippen LogP contribution in [-0.2, 0) is 13.1 Å². The van der Waals surface area contributed by atoms with Crippen molar-refractivity contribution in [1.29, 1.82) is 0 Å². The minimum atomic E-state index is -4.46. The molecule has 4 aromatic rings. The molecule has 0 bridgehead atoms. The highest BCUT2D eigenvalue weighted by Crippen LogP contribution is 2.23. The van der Waals surface area contributed by atoms with E-state index in [4.69, 9.17) is 17.3 Å². The molecule has 0 radical (unpaired) electrons. The van der Waals surface area contributed by atoms with Crippen molar-refractivity contribution in [3.05, 3.63) is 75.9 Å². The Morgan fingerprint density at radius 2 is 1.76 bits per heavy atom. The van der Waals surface area contributed by atoms with Crippen LogP contribution in [0.2, 0.25) is 5.02 Å². The Morgan fingerprint density at radius 3 is 2.38 bits per heavy atom. The zero-order valence-electron chi connectivity index (χ0n) is 19.4. The van der Waals surface area contributed by atoms with Crippen LogP contribution in [0.3, 0.4) is 0 Å². The van der Waals surface area contributed by atoms with E-state index in [9.17, 15) is 22.8 Å². The van der Waals surface area contributed by atoms with Gasteiger partial charge in [0, 0.05) is 23.3 Å². The number of primary amides is 1. The molecule has 1 amide bonds. The molecular formula is C23H22ClF3N8O2. The van der Waals surface area contributed by atoms with Crippen molar-refractivity contribution >= 4 is 17.5 Å². The topological polar surface area (TPSA) is 127 Å². The van der Waals surface area contributed by atoms with Gasteiger partial charge in [0.25, 0.3) is 5.91 Å². The Morgan fingerprint density at radius 1 is 1.05 bits per heavy atom. The lowest BCUT2D eigenvalue weighted by Gasteiger charge is -2.08. The fourth-order valence-electron chi connectivity index (χ4n) is 3.19. The number of aromatic nitrogens is 7. The van der Waals surface area contributed by atoms with Gasteiger partial charge < -0.3 is 5.73 Å². The maximum atomic E-state index is 12.9. The molecule has 194 valence electrons. The number of amides is 1. The first-order valence-corrected chi connectivity index (χ1v) is 11.7. The molecule has 1 aliphatic rings. The lowest BCUT2D eigenvalue weighted by molar-refractivity contribution is -0.136. The summed E-state index contributed by atoms with van der Waals surface area (Å²) in [5.74, 6) is -0.585. The van der Waals surface area contributed by atoms with Crippen LogP contribution >= 0.6 is 11.6 Å². The number of hydrogen-bond acceptors (Lipinski definition) is 6. The molecule has 1 fully saturated rings. The summed E-state index contributed by atoms with van der Waals surface area (Å²) in [4.78, 5) is 32.6. The molecule has 0 unspecified atom stereocenters. The second-order valence-electron chi connectivity index (χ2n) is 8.19. The quantitative estimate of drug-likeness (QED) is 0.386. The first kappa shape index (κ1) is 26.1. The lowest BCUT2D eigenvalue weighted by atomic mass is 10.2. The predicted molar refractivity (Wildman–Crippen MR) is 128 cm³/mol. The number of carbonyl (C=O) groups is 1. The zero-order chi connectivity index (χ0) is 26.6. The normalized spacial score (nSPS) is 12.6. The van der Waals surface area contributed by atoms with Gasteiger partial charge in [-0.3, -0.25) is 9.36 Å². The number of alkyl halides is 3. The summed E-state index contributed by atoms with van der Waals surface area (Å²) in [6.45, 7) is -0.836. The van der Waals surface area contributed by atoms with E-state index in [1.807, 2.05) is 0 Å². The van der Waals surface area contributed by atoms with E-state index >= 15 is 0 Å². The van der Waals surface area contributed by atoms with Crippen molar-refractivity contribution in [3.63, 3.8) is 0 Å². The van der Waals surface area contributed by atoms with Crippen molar-refractivity contribution in [2.24, 2.45) is 5.73 Å². The summed E-state index contributed by atoms with van der Waals surface area (Å²) >= 11 is 5.89. The highest BCUT2D eigenvalue weighted by molar-refractivity contribution is 6.30. The fourth-order valence-corrected chi connectivity index (χ4v) is 3.31. The van der Waals surface area contributed by atoms with Crippen LogP contribution in [0, 0.1) is 0 Å². The predicted octanol–water partition coefficient (Wildman–Crippen LogP) is 3.61. The average molecular weight is 535 g/mol. The van der Waals surface area contributed by atoms with Crippen LogP contribution in [0.5, 0.6) is 0 Å². The first-order chi connectivity index (χ1) is 17.6. The summed E-state index contributed by atoms with van der Waals surface area (Å²) in [7, 11) is 0. The van der Waals surface area contributed by atoms with E-state index in [2.05, 4.69) is 20.2 Å². The number of nitrogens with zero attached hydrogens (tertiary/aromatic N) is 7. The maximum absolute atomic E-state index is 12.9. The number of benzene rings is 1. The van der Waals surface area contributed by atoms with Gasteiger partial charge in [0.2, 0.25) is 0 Å². The summed E-state index contributed by atoms with van der Waals surface area (Å²) < 4.78 is 41.7. The zero-order valence-corrected chi connectivity index (χ0v) is 20.2. The molecule has 14 heteroatoms. The monoisotopic (exact) mass is 534 g/mol. The highest BCUT2D eigenvalue weighted by Gasteiger charge is 2.28. The smallest absolute Gasteiger partial charge is 0.364 e. The van der Waals surface area contributed by atoms with E-state index in [1.54, 1.807) is 36.4 Å². The molecular weight excluding hydrogens is 513 g/mol. The number of halogens is 4. The van der Waals surface area contributed by atoms with Gasteiger partial charge in [0.1, 0.15) is 12.9 Å². The maximum Gasteiger partial charge on any atom is 0.390 e. The van der Waals surface area contributed by atoms with Gasteiger partial charge in [-0.2, -0.15) is 13.2 Å². The van der Waals surface area contributed by atoms with Crippen molar-refractivity contribution in [1.82, 2.24) is 34.1 Å². The highest BCUT2D eigenvalue weighted by atomic mass is 35.5. The molecule has 1 saturated carbocycles. The van der Waals surface area contributed by atoms with Crippen LogP contribution in [0.4, 0.5) is 13.2 Å². The first-order valence-electron chi connectivity index (χ1n) is 11.3. The van der Waals surface area contributed by atoms with E-state index in [0.29, 0.717) is 10.6 Å². The molecule has 1 aliphatic carbocycles. The van der Waals surface area contributed by atoms with Gasteiger partial charge in [-0.25, -0.2) is 24.1 Å². The standard InChI is InChI=1S/C20H16ClF3N8O2.C3H6/c21-13-5-3-12(4-6-13)18-29-31(19(34)30(18)9-7-20(22,23)24)10-15-27-11-32(28-15)14-2-1-8-26-16(14)17(25)33;1-2-3-1/h1-6,8,11H,7,9-10H2,(H2,25,33);1-3H2. The van der Waals surface area contributed by atoms with Crippen LogP contribution in [0.25, 0.3) is 17.1 Å². The molecule has 0 aliphatic heterocycles. The van der Waals surface area contributed by atoms with E-state index < -0.39 is 30.7 Å². The molecule has 37 heavy (non-hydrogen) atoms. The molecule has 2 N–H and O–H groups in total. The van der Waals surface area contributed by atoms with Gasteiger partial charge in [-0.15, -0.1) is 10.2 Å². The SMILES string of the molecule is C1CC1.NC(=O)c1ncccc1-n1cnc(Cn2nc(-c3ccc(Cl)cc3)n(CCC(F)(F)F)c2=O)n1. The summed E-state index contributed by atoms with van der Waals surface area (Å²) in [6, 6.07) is 9.33. The van der Waals surface area contributed by atoms with E-state index in [1.165, 1.54) is 36.5 Å². The molecule has 3 aromatic heterocycles. The van der Waals surface area contributed by atoms with Crippen molar-refractivity contribution < 1.29 is 18.0 Å². The van der Waals surface area contributed by atoms with Crippen LogP contribution in [0.1, 0.15) is 42.0 Å². The van der Waals surface area contributed by atoms with Crippen LogP contribution < -0.4 is 11.4 Å². The third kappa shape index (κ3) is 6.82. The number of hydrogen-bond donors (Lipinski definition) is 1. The van der Waals surface area contributed by atoms with Gasteiger partial charge in [0.05, 0.1) is 12.1 Å². The van der Waals surface area contributed by atoms with Crippen molar-refractivity contribution in [2.45, 2.75) is 44.9 Å². The number of nitrogens with two attached hydrogens (primary N) is 1.